The largest absolute Gasteiger partial charge is 0.354 e. The SMILES string of the molecule is CC(C)[C@@H]1CC[C@@H](C)C[C@H]1C(=O)NC[C@H](Cc1ccccc1)NC(=O)[C@H](C)N.Cl. The highest BCUT2D eigenvalue weighted by Crippen LogP contribution is 2.38. The fourth-order valence-electron chi connectivity index (χ4n) is 4.26. The molecule has 1 aliphatic carbocycles. The highest BCUT2D eigenvalue weighted by molar-refractivity contribution is 5.85. The van der Waals surface area contributed by atoms with E-state index in [4.69, 9.17) is 5.73 Å². The molecule has 0 saturated heterocycles. The van der Waals surface area contributed by atoms with Crippen molar-refractivity contribution in [1.29, 1.82) is 0 Å². The molecule has 1 fully saturated rings. The summed E-state index contributed by atoms with van der Waals surface area (Å²) in [4.78, 5) is 25.1. The van der Waals surface area contributed by atoms with Crippen molar-refractivity contribution in [3.63, 3.8) is 0 Å². The van der Waals surface area contributed by atoms with E-state index < -0.39 is 6.04 Å². The minimum absolute atomic E-state index is 0. The molecule has 0 radical (unpaired) electrons. The van der Waals surface area contributed by atoms with E-state index >= 15 is 0 Å². The molecule has 5 nitrogen and oxygen atoms in total. The van der Waals surface area contributed by atoms with Crippen LogP contribution < -0.4 is 16.4 Å². The molecule has 0 heterocycles. The number of carbonyl (C=O) groups is 2. The van der Waals surface area contributed by atoms with Gasteiger partial charge in [-0.1, -0.05) is 57.5 Å². The van der Waals surface area contributed by atoms with Gasteiger partial charge in [0.1, 0.15) is 0 Å². The Morgan fingerprint density at radius 1 is 1.14 bits per heavy atom. The average Bonchev–Trinajstić information content (AvgIpc) is 2.66. The minimum Gasteiger partial charge on any atom is -0.354 e. The minimum atomic E-state index is -0.571. The lowest BCUT2D eigenvalue weighted by Gasteiger charge is -2.36. The molecule has 1 aromatic rings. The van der Waals surface area contributed by atoms with Crippen molar-refractivity contribution in [1.82, 2.24) is 10.6 Å². The summed E-state index contributed by atoms with van der Waals surface area (Å²) in [6, 6.07) is 9.25. The van der Waals surface area contributed by atoms with E-state index in [1.165, 1.54) is 6.42 Å². The summed E-state index contributed by atoms with van der Waals surface area (Å²) in [6.45, 7) is 8.74. The Labute approximate surface area is 182 Å². The molecule has 1 aromatic carbocycles. The van der Waals surface area contributed by atoms with Gasteiger partial charge in [0.15, 0.2) is 0 Å². The summed E-state index contributed by atoms with van der Waals surface area (Å²) < 4.78 is 0. The van der Waals surface area contributed by atoms with Crippen LogP contribution in [0.2, 0.25) is 0 Å². The topological polar surface area (TPSA) is 84.2 Å². The van der Waals surface area contributed by atoms with E-state index in [2.05, 4.69) is 31.4 Å². The molecular formula is C23H38ClN3O2. The molecule has 164 valence electrons. The Kier molecular flexibility index (Phi) is 10.7. The Hall–Kier alpha value is -1.59. The van der Waals surface area contributed by atoms with Crippen LogP contribution in [-0.4, -0.2) is 30.4 Å². The van der Waals surface area contributed by atoms with Crippen LogP contribution in [0.1, 0.15) is 52.5 Å². The van der Waals surface area contributed by atoms with Crippen LogP contribution in [0.15, 0.2) is 30.3 Å². The van der Waals surface area contributed by atoms with Crippen LogP contribution in [-0.2, 0) is 16.0 Å². The van der Waals surface area contributed by atoms with Gasteiger partial charge in [-0.3, -0.25) is 9.59 Å². The highest BCUT2D eigenvalue weighted by Gasteiger charge is 2.35. The molecule has 1 aliphatic rings. The first-order chi connectivity index (χ1) is 13.3. The second-order valence-electron chi connectivity index (χ2n) is 8.86. The third kappa shape index (κ3) is 7.98. The zero-order valence-electron chi connectivity index (χ0n) is 18.2. The smallest absolute Gasteiger partial charge is 0.236 e. The van der Waals surface area contributed by atoms with Gasteiger partial charge in [-0.05, 0) is 49.5 Å². The van der Waals surface area contributed by atoms with E-state index in [1.54, 1.807) is 6.92 Å². The second kappa shape index (κ2) is 12.2. The number of carbonyl (C=O) groups excluding carboxylic acids is 2. The lowest BCUT2D eigenvalue weighted by molar-refractivity contribution is -0.130. The zero-order chi connectivity index (χ0) is 20.7. The molecule has 0 aromatic heterocycles. The number of hydrogen-bond donors (Lipinski definition) is 3. The van der Waals surface area contributed by atoms with Gasteiger partial charge in [0, 0.05) is 12.5 Å². The average molecular weight is 424 g/mol. The summed E-state index contributed by atoms with van der Waals surface area (Å²) in [5.74, 6) is 1.51. The van der Waals surface area contributed by atoms with Crippen LogP contribution in [0.5, 0.6) is 0 Å². The quantitative estimate of drug-likeness (QED) is 0.599. The van der Waals surface area contributed by atoms with Gasteiger partial charge in [-0.2, -0.15) is 0 Å². The van der Waals surface area contributed by atoms with E-state index in [1.807, 2.05) is 30.3 Å². The molecule has 1 saturated carbocycles. The van der Waals surface area contributed by atoms with Gasteiger partial charge in [0.05, 0.1) is 12.1 Å². The highest BCUT2D eigenvalue weighted by atomic mass is 35.5. The summed E-state index contributed by atoms with van der Waals surface area (Å²) in [5.41, 5.74) is 6.84. The van der Waals surface area contributed by atoms with Crippen LogP contribution in [0, 0.1) is 23.7 Å². The van der Waals surface area contributed by atoms with E-state index in [0.29, 0.717) is 30.7 Å². The van der Waals surface area contributed by atoms with Crippen molar-refractivity contribution in [2.45, 2.75) is 65.5 Å². The molecule has 0 unspecified atom stereocenters. The first kappa shape index (κ1) is 25.4. The Bertz CT molecular complexity index is 636. The standard InChI is InChI=1S/C23H37N3O2.ClH/c1-15(2)20-11-10-16(3)12-21(20)23(28)25-14-19(26-22(27)17(4)24)13-18-8-6-5-7-9-18;/h5-9,15-17,19-21H,10-14,24H2,1-4H3,(H,25,28)(H,26,27);1H/t16-,17+,19+,20+,21-;/m1./s1. The fourth-order valence-corrected chi connectivity index (χ4v) is 4.26. The van der Waals surface area contributed by atoms with Crippen molar-refractivity contribution in [3.8, 4) is 0 Å². The van der Waals surface area contributed by atoms with Crippen molar-refractivity contribution in [2.75, 3.05) is 6.54 Å². The van der Waals surface area contributed by atoms with Gasteiger partial charge >= 0.3 is 0 Å². The number of hydrogen-bond acceptors (Lipinski definition) is 3. The van der Waals surface area contributed by atoms with E-state index in [-0.39, 0.29) is 36.2 Å². The number of benzene rings is 1. The number of amides is 2. The lowest BCUT2D eigenvalue weighted by atomic mass is 9.70. The van der Waals surface area contributed by atoms with Gasteiger partial charge < -0.3 is 16.4 Å². The van der Waals surface area contributed by atoms with Crippen molar-refractivity contribution in [2.24, 2.45) is 29.4 Å². The maximum absolute atomic E-state index is 13.0. The summed E-state index contributed by atoms with van der Waals surface area (Å²) >= 11 is 0. The molecule has 2 amide bonds. The van der Waals surface area contributed by atoms with Gasteiger partial charge in [0.25, 0.3) is 0 Å². The summed E-state index contributed by atoms with van der Waals surface area (Å²) in [5, 5.41) is 6.12. The lowest BCUT2D eigenvalue weighted by Crippen LogP contribution is -2.51. The fraction of sp³-hybridized carbons (Fsp3) is 0.652. The van der Waals surface area contributed by atoms with Crippen LogP contribution >= 0.6 is 12.4 Å². The Morgan fingerprint density at radius 2 is 1.79 bits per heavy atom. The predicted molar refractivity (Wildman–Crippen MR) is 121 cm³/mol. The first-order valence-electron chi connectivity index (χ1n) is 10.7. The zero-order valence-corrected chi connectivity index (χ0v) is 19.0. The third-order valence-corrected chi connectivity index (χ3v) is 5.97. The predicted octanol–water partition coefficient (Wildman–Crippen LogP) is 3.31. The molecular weight excluding hydrogens is 386 g/mol. The number of nitrogens with two attached hydrogens (primary N) is 1. The van der Waals surface area contributed by atoms with Crippen LogP contribution in [0.25, 0.3) is 0 Å². The van der Waals surface area contributed by atoms with Gasteiger partial charge in [0.2, 0.25) is 11.8 Å². The van der Waals surface area contributed by atoms with E-state index in [0.717, 1.165) is 18.4 Å². The number of halogens is 1. The van der Waals surface area contributed by atoms with Crippen molar-refractivity contribution >= 4 is 24.2 Å². The van der Waals surface area contributed by atoms with Crippen LogP contribution in [0.4, 0.5) is 0 Å². The summed E-state index contributed by atoms with van der Waals surface area (Å²) in [6.07, 6.45) is 3.93. The molecule has 0 aliphatic heterocycles. The first-order valence-corrected chi connectivity index (χ1v) is 10.7. The van der Waals surface area contributed by atoms with E-state index in [9.17, 15) is 9.59 Å². The van der Waals surface area contributed by atoms with Crippen LogP contribution in [0.3, 0.4) is 0 Å². The van der Waals surface area contributed by atoms with Crippen molar-refractivity contribution < 1.29 is 9.59 Å². The molecule has 2 rings (SSSR count). The van der Waals surface area contributed by atoms with Gasteiger partial charge in [-0.25, -0.2) is 0 Å². The monoisotopic (exact) mass is 423 g/mol. The van der Waals surface area contributed by atoms with Crippen molar-refractivity contribution in [3.05, 3.63) is 35.9 Å². The third-order valence-electron chi connectivity index (χ3n) is 5.97. The maximum Gasteiger partial charge on any atom is 0.236 e. The molecule has 5 atom stereocenters. The Balaban J connectivity index is 0.00000420. The molecule has 0 bridgehead atoms. The Morgan fingerprint density at radius 3 is 2.38 bits per heavy atom. The second-order valence-corrected chi connectivity index (χ2v) is 8.86. The summed E-state index contributed by atoms with van der Waals surface area (Å²) in [7, 11) is 0. The maximum atomic E-state index is 13.0. The molecule has 6 heteroatoms. The molecule has 4 N–H and O–H groups in total. The van der Waals surface area contributed by atoms with Gasteiger partial charge in [-0.15, -0.1) is 12.4 Å². The molecule has 0 spiro atoms. The number of rotatable bonds is 8. The normalized spacial score (nSPS) is 23.6. The molecule has 29 heavy (non-hydrogen) atoms. The number of nitrogens with one attached hydrogen (secondary N) is 2.